The molecule has 2 atom stereocenters. The topological polar surface area (TPSA) is 78.2 Å². The molecule has 1 fully saturated rings. The molecule has 1 aromatic heterocycles. The average Bonchev–Trinajstić information content (AvgIpc) is 3.35. The van der Waals surface area contributed by atoms with E-state index in [-0.39, 0.29) is 17.9 Å². The molecule has 0 aliphatic carbocycles. The molecule has 8 heteroatoms. The lowest BCUT2D eigenvalue weighted by Crippen LogP contribution is -2.42. The third kappa shape index (κ3) is 3.96. The van der Waals surface area contributed by atoms with Crippen LogP contribution >= 0.6 is 11.8 Å². The van der Waals surface area contributed by atoms with Gasteiger partial charge < -0.3 is 23.5 Å². The third-order valence-corrected chi connectivity index (χ3v) is 5.92. The number of methoxy groups -OCH3 is 2. The Kier molecular flexibility index (Phi) is 6.18. The van der Waals surface area contributed by atoms with Crippen molar-refractivity contribution in [3.05, 3.63) is 47.4 Å². The minimum absolute atomic E-state index is 0.0867. The molecule has 0 saturated carbocycles. The fraction of sp³-hybridized carbons (Fsp3) is 0.400. The Bertz CT molecular complexity index is 851. The summed E-state index contributed by atoms with van der Waals surface area (Å²) in [5.74, 6) is 1.65. The molecule has 0 spiro atoms. The predicted octanol–water partition coefficient (Wildman–Crippen LogP) is 3.31. The van der Waals surface area contributed by atoms with E-state index in [1.54, 1.807) is 38.7 Å². The first-order chi connectivity index (χ1) is 13.5. The summed E-state index contributed by atoms with van der Waals surface area (Å²) in [6.07, 6.45) is 1.56. The smallest absolute Gasteiger partial charge is 0.330 e. The van der Waals surface area contributed by atoms with Gasteiger partial charge >= 0.3 is 5.97 Å². The van der Waals surface area contributed by atoms with E-state index in [9.17, 15) is 9.59 Å². The fourth-order valence-corrected chi connectivity index (χ4v) is 4.56. The van der Waals surface area contributed by atoms with Gasteiger partial charge in [0.1, 0.15) is 23.8 Å². The number of ether oxygens (including phenoxy) is 3. The van der Waals surface area contributed by atoms with E-state index in [0.29, 0.717) is 23.0 Å². The average molecular weight is 405 g/mol. The van der Waals surface area contributed by atoms with Crippen LogP contribution in [-0.2, 0) is 20.9 Å². The van der Waals surface area contributed by atoms with Crippen molar-refractivity contribution in [1.29, 1.82) is 0 Å². The SMILES string of the molecule is COc1cc(C)c(COC(=O)[C@H]2CS[C@H](c3ccco3)N2C(C)=O)cc1OC. The number of esters is 1. The van der Waals surface area contributed by atoms with Crippen LogP contribution in [0.15, 0.2) is 34.9 Å². The molecule has 150 valence electrons. The normalized spacial score (nSPS) is 18.8. The van der Waals surface area contributed by atoms with Crippen molar-refractivity contribution in [1.82, 2.24) is 4.90 Å². The second-order valence-electron chi connectivity index (χ2n) is 6.38. The number of rotatable bonds is 6. The number of thioether (sulfide) groups is 1. The number of carbonyl (C=O) groups excluding carboxylic acids is 2. The summed E-state index contributed by atoms with van der Waals surface area (Å²) in [6.45, 7) is 3.44. The van der Waals surface area contributed by atoms with Crippen LogP contribution in [0, 0.1) is 6.92 Å². The lowest BCUT2D eigenvalue weighted by molar-refractivity contribution is -0.154. The number of benzene rings is 1. The first-order valence-corrected chi connectivity index (χ1v) is 9.83. The molecule has 3 rings (SSSR count). The zero-order valence-electron chi connectivity index (χ0n) is 16.3. The van der Waals surface area contributed by atoms with E-state index in [1.165, 1.54) is 23.6 Å². The van der Waals surface area contributed by atoms with Crippen molar-refractivity contribution >= 4 is 23.6 Å². The maximum atomic E-state index is 12.7. The minimum atomic E-state index is -0.655. The molecule has 1 aliphatic rings. The number of furan rings is 1. The van der Waals surface area contributed by atoms with Crippen molar-refractivity contribution < 1.29 is 28.2 Å². The van der Waals surface area contributed by atoms with E-state index in [4.69, 9.17) is 18.6 Å². The predicted molar refractivity (Wildman–Crippen MR) is 104 cm³/mol. The highest BCUT2D eigenvalue weighted by atomic mass is 32.2. The molecule has 2 aromatic rings. The Labute approximate surface area is 167 Å². The van der Waals surface area contributed by atoms with Crippen molar-refractivity contribution in [3.63, 3.8) is 0 Å². The highest BCUT2D eigenvalue weighted by Gasteiger charge is 2.43. The molecule has 0 unspecified atom stereocenters. The van der Waals surface area contributed by atoms with Crippen molar-refractivity contribution in [2.75, 3.05) is 20.0 Å². The van der Waals surface area contributed by atoms with E-state index in [2.05, 4.69) is 0 Å². The molecule has 0 N–H and O–H groups in total. The third-order valence-electron chi connectivity index (χ3n) is 4.63. The van der Waals surface area contributed by atoms with Gasteiger partial charge in [0, 0.05) is 12.7 Å². The lowest BCUT2D eigenvalue weighted by Gasteiger charge is -2.26. The van der Waals surface area contributed by atoms with Crippen LogP contribution in [0.3, 0.4) is 0 Å². The number of amides is 1. The maximum absolute atomic E-state index is 12.7. The van der Waals surface area contributed by atoms with Gasteiger partial charge in [-0.05, 0) is 42.3 Å². The molecule has 1 saturated heterocycles. The van der Waals surface area contributed by atoms with Crippen LogP contribution in [0.5, 0.6) is 11.5 Å². The summed E-state index contributed by atoms with van der Waals surface area (Å²) < 4.78 is 21.6. The Morgan fingerprint density at radius 3 is 2.57 bits per heavy atom. The Morgan fingerprint density at radius 1 is 1.25 bits per heavy atom. The van der Waals surface area contributed by atoms with Crippen LogP contribution in [0.1, 0.15) is 29.2 Å². The van der Waals surface area contributed by atoms with Crippen LogP contribution in [0.25, 0.3) is 0 Å². The van der Waals surface area contributed by atoms with Crippen molar-refractivity contribution in [2.24, 2.45) is 0 Å². The van der Waals surface area contributed by atoms with Crippen LogP contribution in [-0.4, -0.2) is 42.8 Å². The molecular formula is C20H23NO6S. The van der Waals surface area contributed by atoms with E-state index in [0.717, 1.165) is 11.1 Å². The molecule has 7 nitrogen and oxygen atoms in total. The Hall–Kier alpha value is -2.61. The largest absolute Gasteiger partial charge is 0.493 e. The summed E-state index contributed by atoms with van der Waals surface area (Å²) in [6, 6.07) is 6.54. The molecule has 0 radical (unpaired) electrons. The summed E-state index contributed by atoms with van der Waals surface area (Å²) in [5.41, 5.74) is 1.73. The summed E-state index contributed by atoms with van der Waals surface area (Å²) >= 11 is 1.48. The first-order valence-electron chi connectivity index (χ1n) is 8.78. The van der Waals surface area contributed by atoms with Crippen LogP contribution in [0.2, 0.25) is 0 Å². The van der Waals surface area contributed by atoms with Gasteiger partial charge in [0.05, 0.1) is 20.5 Å². The van der Waals surface area contributed by atoms with E-state index >= 15 is 0 Å². The van der Waals surface area contributed by atoms with Gasteiger partial charge in [-0.3, -0.25) is 4.79 Å². The first kappa shape index (κ1) is 20.1. The highest BCUT2D eigenvalue weighted by molar-refractivity contribution is 7.99. The Morgan fingerprint density at radius 2 is 1.96 bits per heavy atom. The standard InChI is InChI=1S/C20H23NO6S/c1-12-8-17(24-3)18(25-4)9-14(12)10-27-20(23)15-11-28-19(21(15)13(2)22)16-6-5-7-26-16/h5-9,15,19H,10-11H2,1-4H3/t15-,19-/m1/s1. The quantitative estimate of drug-likeness (QED) is 0.682. The van der Waals surface area contributed by atoms with Gasteiger partial charge in [-0.25, -0.2) is 4.79 Å². The van der Waals surface area contributed by atoms with Gasteiger partial charge in [-0.1, -0.05) is 0 Å². The zero-order chi connectivity index (χ0) is 20.3. The summed E-state index contributed by atoms with van der Waals surface area (Å²) in [5, 5.41) is -0.326. The highest BCUT2D eigenvalue weighted by Crippen LogP contribution is 2.42. The summed E-state index contributed by atoms with van der Waals surface area (Å²) in [7, 11) is 3.12. The van der Waals surface area contributed by atoms with Crippen molar-refractivity contribution in [2.45, 2.75) is 31.9 Å². The summed E-state index contributed by atoms with van der Waals surface area (Å²) in [4.78, 5) is 26.4. The zero-order valence-corrected chi connectivity index (χ0v) is 17.1. The maximum Gasteiger partial charge on any atom is 0.330 e. The fourth-order valence-electron chi connectivity index (χ4n) is 3.15. The molecule has 0 bridgehead atoms. The Balaban J connectivity index is 1.72. The van der Waals surface area contributed by atoms with Gasteiger partial charge in [0.15, 0.2) is 11.5 Å². The van der Waals surface area contributed by atoms with Crippen molar-refractivity contribution in [3.8, 4) is 11.5 Å². The number of hydrogen-bond acceptors (Lipinski definition) is 7. The molecule has 1 aliphatic heterocycles. The van der Waals surface area contributed by atoms with E-state index in [1.807, 2.05) is 13.0 Å². The van der Waals surface area contributed by atoms with E-state index < -0.39 is 12.0 Å². The number of nitrogens with zero attached hydrogens (tertiary/aromatic N) is 1. The molecule has 1 amide bonds. The number of aryl methyl sites for hydroxylation is 1. The molecule has 1 aromatic carbocycles. The van der Waals surface area contributed by atoms with Gasteiger partial charge in [0.2, 0.25) is 5.91 Å². The second-order valence-corrected chi connectivity index (χ2v) is 7.50. The molecular weight excluding hydrogens is 382 g/mol. The van der Waals surface area contributed by atoms with Crippen LogP contribution < -0.4 is 9.47 Å². The van der Waals surface area contributed by atoms with Gasteiger partial charge in [0.25, 0.3) is 0 Å². The number of carbonyl (C=O) groups is 2. The lowest BCUT2D eigenvalue weighted by atomic mass is 10.1. The molecule has 28 heavy (non-hydrogen) atoms. The van der Waals surface area contributed by atoms with Gasteiger partial charge in [-0.2, -0.15) is 0 Å². The minimum Gasteiger partial charge on any atom is -0.493 e. The van der Waals surface area contributed by atoms with Gasteiger partial charge in [-0.15, -0.1) is 11.8 Å². The monoisotopic (exact) mass is 405 g/mol. The molecule has 2 heterocycles. The number of hydrogen-bond donors (Lipinski definition) is 0. The second kappa shape index (κ2) is 8.60. The van der Waals surface area contributed by atoms with Crippen LogP contribution in [0.4, 0.5) is 0 Å².